The number of hydrogen-bond donors (Lipinski definition) is 0. The first-order valence-electron chi connectivity index (χ1n) is 5.83. The van der Waals surface area contributed by atoms with E-state index in [0.29, 0.717) is 16.8 Å². The van der Waals surface area contributed by atoms with Gasteiger partial charge in [0.1, 0.15) is 5.71 Å². The molecule has 0 spiro atoms. The number of carbonyl (C=O) groups excluding carboxylic acids is 2. The van der Waals surface area contributed by atoms with Gasteiger partial charge in [-0.05, 0) is 49.8 Å². The fraction of sp³-hybridized carbons (Fsp3) is 0.133. The first-order valence-corrected chi connectivity index (χ1v) is 5.83. The Kier molecular flexibility index (Phi) is 3.71. The minimum absolute atomic E-state index is 0.0658. The molecule has 1 aliphatic rings. The lowest BCUT2D eigenvalue weighted by atomic mass is 10.1. The second kappa shape index (κ2) is 5.44. The summed E-state index contributed by atoms with van der Waals surface area (Å²) in [4.78, 5) is 27.8. The summed E-state index contributed by atoms with van der Waals surface area (Å²) in [7, 11) is 0. The Balaban J connectivity index is 2.09. The lowest BCUT2D eigenvalue weighted by Gasteiger charge is -2.03. The Morgan fingerprint density at radius 3 is 2.68 bits per heavy atom. The predicted molar refractivity (Wildman–Crippen MR) is 71.9 cm³/mol. The first-order chi connectivity index (χ1) is 9.06. The van der Waals surface area contributed by atoms with Crippen LogP contribution in [-0.2, 0) is 9.63 Å². The highest BCUT2D eigenvalue weighted by molar-refractivity contribution is 6.18. The van der Waals surface area contributed by atoms with Gasteiger partial charge in [-0.15, -0.1) is 0 Å². The summed E-state index contributed by atoms with van der Waals surface area (Å²) in [5.74, 6) is -0.587. The van der Waals surface area contributed by atoms with Crippen LogP contribution in [0.15, 0.2) is 53.2 Å². The lowest BCUT2D eigenvalue weighted by molar-refractivity contribution is -0.111. The average molecular weight is 255 g/mol. The van der Waals surface area contributed by atoms with Crippen molar-refractivity contribution in [3.05, 3.63) is 59.2 Å². The molecule has 1 aromatic rings. The van der Waals surface area contributed by atoms with Crippen LogP contribution in [0.5, 0.6) is 0 Å². The van der Waals surface area contributed by atoms with Crippen molar-refractivity contribution in [2.24, 2.45) is 5.16 Å². The Morgan fingerprint density at radius 2 is 2.00 bits per heavy atom. The van der Waals surface area contributed by atoms with Crippen molar-refractivity contribution in [2.75, 3.05) is 0 Å². The van der Waals surface area contributed by atoms with Gasteiger partial charge in [0.25, 0.3) is 0 Å². The Bertz CT molecular complexity index is 624. The van der Waals surface area contributed by atoms with Gasteiger partial charge in [-0.1, -0.05) is 22.9 Å². The van der Waals surface area contributed by atoms with Crippen LogP contribution in [0, 0.1) is 6.92 Å². The van der Waals surface area contributed by atoms with Gasteiger partial charge < -0.3 is 4.84 Å². The van der Waals surface area contributed by atoms with Crippen LogP contribution >= 0.6 is 0 Å². The molecule has 19 heavy (non-hydrogen) atoms. The molecular weight excluding hydrogens is 242 g/mol. The van der Waals surface area contributed by atoms with Crippen molar-refractivity contribution >= 4 is 17.5 Å². The number of aryl methyl sites for hydroxylation is 1. The van der Waals surface area contributed by atoms with Crippen LogP contribution in [0.3, 0.4) is 0 Å². The molecule has 1 aromatic carbocycles. The molecule has 0 heterocycles. The standard InChI is InChI=1S/C15H13NO3/c1-10-4-3-5-12(8-10)15(18)19-16-13-6-7-14(17)11(2)9-13/h3-9H,1-2H3/b16-13+. The van der Waals surface area contributed by atoms with Gasteiger partial charge in [-0.3, -0.25) is 4.79 Å². The highest BCUT2D eigenvalue weighted by Crippen LogP contribution is 2.08. The maximum absolute atomic E-state index is 11.7. The molecule has 0 saturated heterocycles. The van der Waals surface area contributed by atoms with E-state index >= 15 is 0 Å². The Morgan fingerprint density at radius 1 is 1.21 bits per heavy atom. The molecule has 0 N–H and O–H groups in total. The monoisotopic (exact) mass is 255 g/mol. The summed E-state index contributed by atoms with van der Waals surface area (Å²) in [5.41, 5.74) is 2.42. The van der Waals surface area contributed by atoms with Crippen LogP contribution in [-0.4, -0.2) is 17.5 Å². The van der Waals surface area contributed by atoms with Crippen LogP contribution in [0.4, 0.5) is 0 Å². The lowest BCUT2D eigenvalue weighted by Crippen LogP contribution is -2.07. The molecule has 0 radical (unpaired) electrons. The van der Waals surface area contributed by atoms with Gasteiger partial charge in [-0.25, -0.2) is 4.79 Å². The third kappa shape index (κ3) is 3.25. The maximum Gasteiger partial charge on any atom is 0.365 e. The minimum Gasteiger partial charge on any atom is -0.312 e. The zero-order valence-corrected chi connectivity index (χ0v) is 10.7. The van der Waals surface area contributed by atoms with Gasteiger partial charge in [-0.2, -0.15) is 0 Å². The van der Waals surface area contributed by atoms with Crippen molar-refractivity contribution in [2.45, 2.75) is 13.8 Å². The molecule has 2 rings (SSSR count). The number of ketones is 1. The summed E-state index contributed by atoms with van der Waals surface area (Å²) < 4.78 is 0. The van der Waals surface area contributed by atoms with Crippen LogP contribution < -0.4 is 0 Å². The molecule has 1 aliphatic carbocycles. The highest BCUT2D eigenvalue weighted by Gasteiger charge is 2.10. The van der Waals surface area contributed by atoms with Gasteiger partial charge in [0, 0.05) is 0 Å². The smallest absolute Gasteiger partial charge is 0.312 e. The van der Waals surface area contributed by atoms with Crippen molar-refractivity contribution in [3.8, 4) is 0 Å². The molecule has 4 nitrogen and oxygen atoms in total. The number of nitrogens with zero attached hydrogens (tertiary/aromatic N) is 1. The number of carbonyl (C=O) groups is 2. The van der Waals surface area contributed by atoms with Gasteiger partial charge in [0.15, 0.2) is 5.78 Å². The van der Waals surface area contributed by atoms with Crippen molar-refractivity contribution in [3.63, 3.8) is 0 Å². The van der Waals surface area contributed by atoms with Crippen LogP contribution in [0.25, 0.3) is 0 Å². The van der Waals surface area contributed by atoms with E-state index in [1.165, 1.54) is 12.2 Å². The quantitative estimate of drug-likeness (QED) is 0.463. The number of rotatable bonds is 2. The number of allylic oxidation sites excluding steroid dienone is 4. The fourth-order valence-corrected chi connectivity index (χ4v) is 1.61. The second-order valence-corrected chi connectivity index (χ2v) is 4.29. The highest BCUT2D eigenvalue weighted by atomic mass is 16.7. The van der Waals surface area contributed by atoms with E-state index in [1.54, 1.807) is 31.2 Å². The van der Waals surface area contributed by atoms with Crippen molar-refractivity contribution in [1.82, 2.24) is 0 Å². The van der Waals surface area contributed by atoms with E-state index in [2.05, 4.69) is 5.16 Å². The minimum atomic E-state index is -0.521. The van der Waals surface area contributed by atoms with Crippen molar-refractivity contribution < 1.29 is 14.4 Å². The summed E-state index contributed by atoms with van der Waals surface area (Å²) in [6, 6.07) is 7.06. The molecule has 96 valence electrons. The molecule has 0 saturated carbocycles. The summed E-state index contributed by atoms with van der Waals surface area (Å²) in [5, 5.41) is 3.73. The fourth-order valence-electron chi connectivity index (χ4n) is 1.61. The SMILES string of the molecule is CC1=C/C(=N/OC(=O)c2cccc(C)c2)C=CC1=O. The predicted octanol–water partition coefficient (Wildman–Crippen LogP) is 2.59. The normalized spacial score (nSPS) is 16.4. The molecule has 4 heteroatoms. The van der Waals surface area contributed by atoms with Crippen molar-refractivity contribution in [1.29, 1.82) is 0 Å². The third-order valence-corrected chi connectivity index (χ3v) is 2.65. The molecule has 0 aliphatic heterocycles. The average Bonchev–Trinajstić information content (AvgIpc) is 2.40. The van der Waals surface area contributed by atoms with E-state index in [4.69, 9.17) is 4.84 Å². The summed E-state index contributed by atoms with van der Waals surface area (Å²) in [6.45, 7) is 3.58. The number of benzene rings is 1. The number of hydrogen-bond acceptors (Lipinski definition) is 4. The topological polar surface area (TPSA) is 55.7 Å². The van der Waals surface area contributed by atoms with Gasteiger partial charge in [0.05, 0.1) is 5.56 Å². The maximum atomic E-state index is 11.7. The van der Waals surface area contributed by atoms with E-state index in [-0.39, 0.29) is 5.78 Å². The molecule has 0 bridgehead atoms. The van der Waals surface area contributed by atoms with Crippen LogP contribution in [0.2, 0.25) is 0 Å². The van der Waals surface area contributed by atoms with E-state index < -0.39 is 5.97 Å². The summed E-state index contributed by atoms with van der Waals surface area (Å²) in [6.07, 6.45) is 4.49. The van der Waals surface area contributed by atoms with Gasteiger partial charge in [0.2, 0.25) is 0 Å². The Hall–Kier alpha value is -2.49. The third-order valence-electron chi connectivity index (χ3n) is 2.65. The molecule has 0 unspecified atom stereocenters. The molecular formula is C15H13NO3. The largest absolute Gasteiger partial charge is 0.365 e. The van der Waals surface area contributed by atoms with E-state index in [0.717, 1.165) is 5.56 Å². The van der Waals surface area contributed by atoms with E-state index in [9.17, 15) is 9.59 Å². The molecule has 0 amide bonds. The first kappa shape index (κ1) is 13.0. The summed E-state index contributed by atoms with van der Waals surface area (Å²) >= 11 is 0. The van der Waals surface area contributed by atoms with E-state index in [1.807, 2.05) is 13.0 Å². The number of oxime groups is 1. The zero-order valence-electron chi connectivity index (χ0n) is 10.7. The molecule has 0 aromatic heterocycles. The molecule has 0 fully saturated rings. The second-order valence-electron chi connectivity index (χ2n) is 4.29. The van der Waals surface area contributed by atoms with Gasteiger partial charge >= 0.3 is 5.97 Å². The zero-order chi connectivity index (χ0) is 13.8. The Labute approximate surface area is 111 Å². The molecule has 0 atom stereocenters. The van der Waals surface area contributed by atoms with Crippen LogP contribution in [0.1, 0.15) is 22.8 Å².